The van der Waals surface area contributed by atoms with E-state index in [1.54, 1.807) is 6.20 Å². The highest BCUT2D eigenvalue weighted by Gasteiger charge is 2.13. The van der Waals surface area contributed by atoms with Gasteiger partial charge in [-0.1, -0.05) is 133 Å². The molecule has 3 nitrogen and oxygen atoms in total. The van der Waals surface area contributed by atoms with Crippen LogP contribution in [0.5, 0.6) is 0 Å². The van der Waals surface area contributed by atoms with E-state index in [1.165, 1.54) is 44.2 Å². The summed E-state index contributed by atoms with van der Waals surface area (Å²) in [6.45, 7) is 0. The fourth-order valence-corrected chi connectivity index (χ4v) is 7.04. The normalized spacial score (nSPS) is 16.2. The van der Waals surface area contributed by atoms with Gasteiger partial charge in [0, 0.05) is 23.0 Å². The lowest BCUT2D eigenvalue weighted by atomic mass is 9.95. The molecule has 246 valence electrons. The van der Waals surface area contributed by atoms with Crippen LogP contribution >= 0.6 is 0 Å². The molecule has 0 bridgehead atoms. The maximum atomic E-state index is 5.41. The van der Waals surface area contributed by atoms with Crippen LogP contribution in [0.4, 0.5) is 0 Å². The van der Waals surface area contributed by atoms with Crippen molar-refractivity contribution in [1.29, 1.82) is 0 Å². The van der Waals surface area contributed by atoms with Crippen molar-refractivity contribution >= 4 is 38.8 Å². The molecule has 0 N–H and O–H groups in total. The first-order chi connectivity index (χ1) is 25.7. The number of pyridine rings is 2. The zero-order chi connectivity index (χ0) is 34.7. The third kappa shape index (κ3) is 6.48. The van der Waals surface area contributed by atoms with E-state index in [9.17, 15) is 0 Å². The lowest BCUT2D eigenvalue weighted by Crippen LogP contribution is -2.04. The van der Waals surface area contributed by atoms with Crippen LogP contribution < -0.4 is 0 Å². The molecule has 3 heteroatoms. The summed E-state index contributed by atoms with van der Waals surface area (Å²) >= 11 is 0. The van der Waals surface area contributed by atoms with Crippen LogP contribution in [0.1, 0.15) is 29.5 Å². The number of benzene rings is 6. The van der Waals surface area contributed by atoms with E-state index in [4.69, 9.17) is 9.98 Å². The van der Waals surface area contributed by atoms with Gasteiger partial charge in [0.1, 0.15) is 0 Å². The van der Waals surface area contributed by atoms with Crippen LogP contribution in [-0.4, -0.2) is 15.7 Å². The highest BCUT2D eigenvalue weighted by Crippen LogP contribution is 2.32. The van der Waals surface area contributed by atoms with E-state index in [1.807, 2.05) is 24.3 Å². The minimum atomic E-state index is 0.858. The second kappa shape index (κ2) is 13.9. The summed E-state index contributed by atoms with van der Waals surface area (Å²) in [4.78, 5) is 14.7. The van der Waals surface area contributed by atoms with E-state index in [0.717, 1.165) is 57.7 Å². The SMILES string of the molecule is C1=C(c2ccc(-c3ccc4cc(-c5ccc6ncccc6n5)ccc4c3)cc2)\N=C(\c2cccc(-c3ccccc3)c2)CC\C=C/1c1ccccc1. The van der Waals surface area contributed by atoms with E-state index < -0.39 is 0 Å². The molecule has 0 fully saturated rings. The Morgan fingerprint density at radius 1 is 0.423 bits per heavy atom. The number of rotatable bonds is 6. The maximum Gasteiger partial charge on any atom is 0.0894 e. The second-order valence-electron chi connectivity index (χ2n) is 13.2. The predicted octanol–water partition coefficient (Wildman–Crippen LogP) is 12.5. The Hall–Kier alpha value is -6.71. The highest BCUT2D eigenvalue weighted by atomic mass is 14.8. The molecular weight excluding hydrogens is 631 g/mol. The van der Waals surface area contributed by atoms with Crippen molar-refractivity contribution in [2.45, 2.75) is 12.8 Å². The first-order valence-electron chi connectivity index (χ1n) is 17.8. The van der Waals surface area contributed by atoms with E-state index >= 15 is 0 Å². The predicted molar refractivity (Wildman–Crippen MR) is 218 cm³/mol. The molecule has 1 aliphatic heterocycles. The molecule has 0 atom stereocenters. The Balaban J connectivity index is 1.04. The largest absolute Gasteiger partial charge is 0.255 e. The summed E-state index contributed by atoms with van der Waals surface area (Å²) in [5.74, 6) is 0. The number of aromatic nitrogens is 2. The quantitative estimate of drug-likeness (QED) is 0.177. The van der Waals surface area contributed by atoms with Crippen LogP contribution in [0.15, 0.2) is 193 Å². The van der Waals surface area contributed by atoms with Gasteiger partial charge < -0.3 is 0 Å². The van der Waals surface area contributed by atoms with Crippen LogP contribution in [0, 0.1) is 0 Å². The molecule has 0 amide bonds. The second-order valence-corrected chi connectivity index (χ2v) is 13.2. The summed E-state index contributed by atoms with van der Waals surface area (Å²) in [5.41, 5.74) is 15.3. The molecule has 0 spiro atoms. The molecule has 2 aromatic heterocycles. The van der Waals surface area contributed by atoms with E-state index in [-0.39, 0.29) is 0 Å². The van der Waals surface area contributed by atoms with Crippen LogP contribution in [0.25, 0.3) is 66.6 Å². The topological polar surface area (TPSA) is 38.1 Å². The third-order valence-electron chi connectivity index (χ3n) is 9.81. The van der Waals surface area contributed by atoms with E-state index in [0.29, 0.717) is 0 Å². The number of hydrogen-bond acceptors (Lipinski definition) is 3. The fourth-order valence-electron chi connectivity index (χ4n) is 7.04. The minimum absolute atomic E-state index is 0.858. The molecule has 3 heterocycles. The first-order valence-corrected chi connectivity index (χ1v) is 17.8. The smallest absolute Gasteiger partial charge is 0.0894 e. The average Bonchev–Trinajstić information content (AvgIpc) is 3.21. The number of nitrogens with zero attached hydrogens (tertiary/aromatic N) is 3. The van der Waals surface area contributed by atoms with Gasteiger partial charge in [0.25, 0.3) is 0 Å². The van der Waals surface area contributed by atoms with Crippen molar-refractivity contribution in [3.63, 3.8) is 0 Å². The van der Waals surface area contributed by atoms with Gasteiger partial charge in [-0.25, -0.2) is 4.98 Å². The van der Waals surface area contributed by atoms with Gasteiger partial charge >= 0.3 is 0 Å². The van der Waals surface area contributed by atoms with Gasteiger partial charge in [-0.05, 0) is 111 Å². The monoisotopic (exact) mass is 665 g/mol. The standard InChI is InChI=1S/C49H35N3/c1-3-10-34(11-4-1)38-14-7-16-43(31-38)45-17-8-15-39(35-12-5-2-6-13-35)33-49(52-45)37-21-19-36(20-22-37)40-23-24-42-32-44(26-25-41(42)30-40)46-27-28-47-48(51-46)18-9-29-50-47/h1-7,9-16,18-33H,8,17H2/b39-15+,49-33-,52-45+. The third-order valence-corrected chi connectivity index (χ3v) is 9.81. The van der Waals surface area contributed by atoms with Crippen LogP contribution in [0.3, 0.4) is 0 Å². The molecule has 52 heavy (non-hydrogen) atoms. The summed E-state index contributed by atoms with van der Waals surface area (Å²) < 4.78 is 0. The van der Waals surface area contributed by atoms with E-state index in [2.05, 4.69) is 163 Å². The number of fused-ring (bicyclic) bond motifs is 2. The Kier molecular flexibility index (Phi) is 8.36. The van der Waals surface area contributed by atoms with Crippen molar-refractivity contribution in [3.05, 3.63) is 205 Å². The van der Waals surface area contributed by atoms with Gasteiger partial charge in [-0.2, -0.15) is 0 Å². The van der Waals surface area contributed by atoms with Crippen molar-refractivity contribution in [2.75, 3.05) is 0 Å². The molecule has 6 aromatic carbocycles. The summed E-state index contributed by atoms with van der Waals surface area (Å²) in [7, 11) is 0. The van der Waals surface area contributed by atoms with Crippen molar-refractivity contribution in [1.82, 2.24) is 9.97 Å². The average molecular weight is 666 g/mol. The Labute approximate surface area is 304 Å². The molecule has 1 aliphatic rings. The van der Waals surface area contributed by atoms with Crippen molar-refractivity contribution < 1.29 is 0 Å². The zero-order valence-corrected chi connectivity index (χ0v) is 28.7. The number of aliphatic imine (C=N–C) groups is 1. The van der Waals surface area contributed by atoms with Crippen LogP contribution in [-0.2, 0) is 0 Å². The number of hydrogen-bond donors (Lipinski definition) is 0. The maximum absolute atomic E-state index is 5.41. The summed E-state index contributed by atoms with van der Waals surface area (Å²) in [5, 5.41) is 2.38. The Morgan fingerprint density at radius 2 is 1.06 bits per heavy atom. The molecule has 9 rings (SSSR count). The van der Waals surface area contributed by atoms with Gasteiger partial charge in [0.05, 0.1) is 22.4 Å². The van der Waals surface area contributed by atoms with Crippen molar-refractivity contribution in [2.24, 2.45) is 4.99 Å². The fraction of sp³-hybridized carbons (Fsp3) is 0.0408. The minimum Gasteiger partial charge on any atom is -0.255 e. The molecule has 0 unspecified atom stereocenters. The van der Waals surface area contributed by atoms with Gasteiger partial charge in [0.15, 0.2) is 0 Å². The molecule has 0 radical (unpaired) electrons. The lowest BCUT2D eigenvalue weighted by Gasteiger charge is -2.15. The lowest BCUT2D eigenvalue weighted by molar-refractivity contribution is 1.09. The van der Waals surface area contributed by atoms with Gasteiger partial charge in [-0.15, -0.1) is 0 Å². The van der Waals surface area contributed by atoms with Gasteiger partial charge in [0.2, 0.25) is 0 Å². The first kappa shape index (κ1) is 31.3. The Morgan fingerprint density at radius 3 is 1.87 bits per heavy atom. The zero-order valence-electron chi connectivity index (χ0n) is 28.7. The highest BCUT2D eigenvalue weighted by molar-refractivity contribution is 6.05. The molecule has 0 saturated carbocycles. The summed E-state index contributed by atoms with van der Waals surface area (Å²) in [6.07, 6.45) is 8.18. The van der Waals surface area contributed by atoms with Crippen LogP contribution in [0.2, 0.25) is 0 Å². The summed E-state index contributed by atoms with van der Waals surface area (Å²) in [6, 6.07) is 60.1. The molecule has 8 aromatic rings. The molecule has 0 saturated heterocycles. The molecular formula is C49H35N3. The molecule has 0 aliphatic carbocycles. The van der Waals surface area contributed by atoms with Gasteiger partial charge in [-0.3, -0.25) is 9.98 Å². The van der Waals surface area contributed by atoms with Crippen molar-refractivity contribution in [3.8, 4) is 33.5 Å². The number of allylic oxidation sites excluding steroid dienone is 3. The Bertz CT molecular complexity index is 2650.